The summed E-state index contributed by atoms with van der Waals surface area (Å²) in [5.74, 6) is -0.812. The second-order valence-corrected chi connectivity index (χ2v) is 10.2. The number of piperidine rings is 1. The van der Waals surface area contributed by atoms with Crippen molar-refractivity contribution in [3.8, 4) is 0 Å². The number of amides is 2. The average Bonchev–Trinajstić information content (AvgIpc) is 3.52. The van der Waals surface area contributed by atoms with Gasteiger partial charge < -0.3 is 20.2 Å². The van der Waals surface area contributed by atoms with E-state index >= 15 is 0 Å². The van der Waals surface area contributed by atoms with E-state index in [0.29, 0.717) is 28.6 Å². The molecule has 33 heavy (non-hydrogen) atoms. The minimum Gasteiger partial charge on any atom is -0.481 e. The van der Waals surface area contributed by atoms with E-state index in [1.807, 2.05) is 18.2 Å². The molecule has 2 N–H and O–H groups in total. The van der Waals surface area contributed by atoms with Crippen molar-refractivity contribution in [1.29, 1.82) is 0 Å². The molecule has 2 aromatic rings. The summed E-state index contributed by atoms with van der Waals surface area (Å²) >= 11 is 12.2. The van der Waals surface area contributed by atoms with E-state index in [1.165, 1.54) is 0 Å². The van der Waals surface area contributed by atoms with Crippen molar-refractivity contribution < 1.29 is 14.7 Å². The second-order valence-electron chi connectivity index (χ2n) is 9.38. The lowest BCUT2D eigenvalue weighted by Gasteiger charge is -2.43. The number of carboxylic acids is 1. The predicted octanol–water partition coefficient (Wildman–Crippen LogP) is 4.60. The van der Waals surface area contributed by atoms with Gasteiger partial charge in [0.2, 0.25) is 0 Å². The lowest BCUT2D eigenvalue weighted by molar-refractivity contribution is -0.140. The van der Waals surface area contributed by atoms with Crippen LogP contribution in [0.5, 0.6) is 0 Å². The number of aliphatic carboxylic acids is 1. The Labute approximate surface area is 204 Å². The maximum Gasteiger partial charge on any atom is 0.317 e. The van der Waals surface area contributed by atoms with Gasteiger partial charge >= 0.3 is 12.0 Å². The molecule has 0 aromatic heterocycles. The van der Waals surface area contributed by atoms with Crippen molar-refractivity contribution in [2.75, 3.05) is 33.7 Å². The topological polar surface area (TPSA) is 72.9 Å². The number of carbonyl (C=O) groups is 2. The van der Waals surface area contributed by atoms with Gasteiger partial charge in [-0.2, -0.15) is 0 Å². The van der Waals surface area contributed by atoms with Crippen molar-refractivity contribution >= 4 is 35.2 Å². The third kappa shape index (κ3) is 4.57. The van der Waals surface area contributed by atoms with Crippen LogP contribution in [0, 0.1) is 5.92 Å². The summed E-state index contributed by atoms with van der Waals surface area (Å²) in [6.45, 7) is 2.24. The summed E-state index contributed by atoms with van der Waals surface area (Å²) in [4.78, 5) is 28.7. The first-order chi connectivity index (χ1) is 15.7. The van der Waals surface area contributed by atoms with Crippen LogP contribution in [0.1, 0.15) is 30.4 Å². The lowest BCUT2D eigenvalue weighted by atomic mass is 9.80. The Hall–Kier alpha value is -2.28. The molecule has 1 saturated carbocycles. The van der Waals surface area contributed by atoms with Gasteiger partial charge in [0.05, 0.1) is 21.0 Å². The summed E-state index contributed by atoms with van der Waals surface area (Å²) < 4.78 is 0. The van der Waals surface area contributed by atoms with Crippen LogP contribution in [0.15, 0.2) is 48.5 Å². The zero-order valence-electron chi connectivity index (χ0n) is 18.9. The first-order valence-electron chi connectivity index (χ1n) is 11.1. The van der Waals surface area contributed by atoms with Gasteiger partial charge in [0.15, 0.2) is 0 Å². The van der Waals surface area contributed by atoms with Gasteiger partial charge in [0.25, 0.3) is 0 Å². The van der Waals surface area contributed by atoms with Crippen LogP contribution in [0.3, 0.4) is 0 Å². The molecule has 2 amide bonds. The quantitative estimate of drug-likeness (QED) is 0.621. The molecule has 0 spiro atoms. The van der Waals surface area contributed by atoms with Gasteiger partial charge in [-0.15, -0.1) is 0 Å². The summed E-state index contributed by atoms with van der Waals surface area (Å²) in [5.41, 5.74) is 0.461. The molecule has 4 rings (SSSR count). The monoisotopic (exact) mass is 489 g/mol. The van der Waals surface area contributed by atoms with Crippen molar-refractivity contribution in [2.45, 2.75) is 30.2 Å². The smallest absolute Gasteiger partial charge is 0.317 e. The molecule has 0 bridgehead atoms. The van der Waals surface area contributed by atoms with Crippen LogP contribution >= 0.6 is 23.2 Å². The molecule has 0 radical (unpaired) electrons. The standard InChI is InChI=1S/C25H29Cl2N3O3/c1-29(2)23(33)28-24(17-6-4-3-5-7-17)10-12-30(13-11-24)16-19-15-25(19,22(31)32)18-8-9-20(26)21(27)14-18/h3-9,14,19H,10-13,15-16H2,1-2H3,(H,28,33)(H,31,32)/t19-,25+/m0/s1. The number of nitrogens with zero attached hydrogens (tertiary/aromatic N) is 2. The molecule has 0 unspecified atom stereocenters. The van der Waals surface area contributed by atoms with E-state index in [4.69, 9.17) is 23.2 Å². The van der Waals surface area contributed by atoms with Crippen LogP contribution in [0.2, 0.25) is 10.0 Å². The van der Waals surface area contributed by atoms with E-state index in [2.05, 4.69) is 22.3 Å². The highest BCUT2D eigenvalue weighted by Gasteiger charge is 2.62. The molecule has 1 saturated heterocycles. The Morgan fingerprint density at radius 1 is 1.06 bits per heavy atom. The molecule has 1 aliphatic carbocycles. The number of hydrogen-bond donors (Lipinski definition) is 2. The van der Waals surface area contributed by atoms with Crippen LogP contribution in [0.25, 0.3) is 0 Å². The molecule has 6 nitrogen and oxygen atoms in total. The largest absolute Gasteiger partial charge is 0.481 e. The highest BCUT2D eigenvalue weighted by Crippen LogP contribution is 2.55. The average molecular weight is 490 g/mol. The van der Waals surface area contributed by atoms with E-state index in [0.717, 1.165) is 31.5 Å². The number of carbonyl (C=O) groups excluding carboxylic acids is 1. The molecule has 176 valence electrons. The molecular weight excluding hydrogens is 461 g/mol. The first-order valence-corrected chi connectivity index (χ1v) is 11.9. The molecule has 1 aliphatic heterocycles. The van der Waals surface area contributed by atoms with E-state index in [1.54, 1.807) is 37.2 Å². The number of carboxylic acid groups (broad SMARTS) is 1. The highest BCUT2D eigenvalue weighted by atomic mass is 35.5. The van der Waals surface area contributed by atoms with Gasteiger partial charge in [-0.1, -0.05) is 59.6 Å². The normalized spacial score (nSPS) is 24.2. The molecule has 2 aliphatic rings. The maximum absolute atomic E-state index is 12.5. The van der Waals surface area contributed by atoms with Crippen molar-refractivity contribution in [1.82, 2.24) is 15.1 Å². The summed E-state index contributed by atoms with van der Waals surface area (Å²) in [5, 5.41) is 14.1. The van der Waals surface area contributed by atoms with Crippen molar-refractivity contribution in [3.63, 3.8) is 0 Å². The Morgan fingerprint density at radius 3 is 2.30 bits per heavy atom. The maximum atomic E-state index is 12.5. The van der Waals surface area contributed by atoms with Crippen LogP contribution < -0.4 is 5.32 Å². The van der Waals surface area contributed by atoms with Crippen molar-refractivity contribution in [3.05, 3.63) is 69.7 Å². The minimum atomic E-state index is -0.915. The zero-order valence-corrected chi connectivity index (χ0v) is 20.4. The number of benzene rings is 2. The van der Waals surface area contributed by atoms with E-state index < -0.39 is 16.9 Å². The number of likely N-dealkylation sites (tertiary alicyclic amines) is 1. The highest BCUT2D eigenvalue weighted by molar-refractivity contribution is 6.42. The Balaban J connectivity index is 1.47. The molecular formula is C25H29Cl2N3O3. The number of rotatable bonds is 6. The predicted molar refractivity (Wildman–Crippen MR) is 130 cm³/mol. The zero-order chi connectivity index (χ0) is 23.8. The van der Waals surface area contributed by atoms with Crippen LogP contribution in [-0.4, -0.2) is 60.6 Å². The minimum absolute atomic E-state index is 0.00725. The summed E-state index contributed by atoms with van der Waals surface area (Å²) in [7, 11) is 3.48. The first kappa shape index (κ1) is 23.9. The van der Waals surface area contributed by atoms with Gasteiger partial charge in [0.1, 0.15) is 0 Å². The molecule has 1 heterocycles. The van der Waals surface area contributed by atoms with Crippen molar-refractivity contribution in [2.24, 2.45) is 5.92 Å². The molecule has 2 aromatic carbocycles. The van der Waals surface area contributed by atoms with Gasteiger partial charge in [0, 0.05) is 33.7 Å². The molecule has 2 atom stereocenters. The van der Waals surface area contributed by atoms with Crippen LogP contribution in [-0.2, 0) is 15.7 Å². The Bertz CT molecular complexity index is 1040. The fraction of sp³-hybridized carbons (Fsp3) is 0.440. The number of hydrogen-bond acceptors (Lipinski definition) is 3. The van der Waals surface area contributed by atoms with Crippen LogP contribution in [0.4, 0.5) is 4.79 Å². The number of nitrogens with one attached hydrogen (secondary N) is 1. The Morgan fingerprint density at radius 2 is 1.73 bits per heavy atom. The summed E-state index contributed by atoms with van der Waals surface area (Å²) in [6.07, 6.45) is 2.10. The molecule has 8 heteroatoms. The van der Waals surface area contributed by atoms with Gasteiger partial charge in [-0.3, -0.25) is 4.79 Å². The molecule has 2 fully saturated rings. The fourth-order valence-corrected chi connectivity index (χ4v) is 5.35. The van der Waals surface area contributed by atoms with E-state index in [-0.39, 0.29) is 11.9 Å². The van der Waals surface area contributed by atoms with Gasteiger partial charge in [-0.25, -0.2) is 4.79 Å². The third-order valence-electron chi connectivity index (χ3n) is 7.19. The van der Waals surface area contributed by atoms with Gasteiger partial charge in [-0.05, 0) is 48.4 Å². The number of urea groups is 1. The second kappa shape index (κ2) is 9.16. The number of halogens is 2. The fourth-order valence-electron chi connectivity index (χ4n) is 5.05. The lowest BCUT2D eigenvalue weighted by Crippen LogP contribution is -2.55. The SMILES string of the molecule is CN(C)C(=O)NC1(c2ccccc2)CCN(C[C@@H]2C[C@@]2(C(=O)O)c2ccc(Cl)c(Cl)c2)CC1. The Kier molecular flexibility index (Phi) is 6.63. The third-order valence-corrected chi connectivity index (χ3v) is 7.93. The van der Waals surface area contributed by atoms with E-state index in [9.17, 15) is 14.7 Å². The summed E-state index contributed by atoms with van der Waals surface area (Å²) in [6, 6.07) is 15.1.